The first kappa shape index (κ1) is 16.5. The molecule has 1 saturated carbocycles. The van der Waals surface area contributed by atoms with E-state index in [1.165, 1.54) is 31.2 Å². The minimum absolute atomic E-state index is 0.179. The number of hydrogen-bond acceptors (Lipinski definition) is 1. The van der Waals surface area contributed by atoms with Crippen LogP contribution in [-0.2, 0) is 5.41 Å². The maximum Gasteiger partial charge on any atom is 0.0818 e. The van der Waals surface area contributed by atoms with Crippen molar-refractivity contribution in [3.8, 4) is 0 Å². The van der Waals surface area contributed by atoms with E-state index in [1.807, 2.05) is 0 Å². The molecule has 1 N–H and O–H groups in total. The molecule has 1 unspecified atom stereocenters. The summed E-state index contributed by atoms with van der Waals surface area (Å²) in [5, 5.41) is 10.7. The molecule has 0 aromatic heterocycles. The van der Waals surface area contributed by atoms with Gasteiger partial charge in [-0.1, -0.05) is 58.9 Å². The van der Waals surface area contributed by atoms with Crippen LogP contribution in [0.1, 0.15) is 77.5 Å². The number of hydrogen-bond donors (Lipinski definition) is 1. The van der Waals surface area contributed by atoms with Crippen LogP contribution in [0.25, 0.3) is 0 Å². The first-order valence-electron chi connectivity index (χ1n) is 8.57. The second kappa shape index (κ2) is 6.52. The van der Waals surface area contributed by atoms with Crippen molar-refractivity contribution < 1.29 is 5.11 Å². The van der Waals surface area contributed by atoms with Gasteiger partial charge in [-0.15, -0.1) is 0 Å². The Morgan fingerprint density at radius 1 is 0.905 bits per heavy atom. The second-order valence-electron chi connectivity index (χ2n) is 8.24. The Hall–Kier alpha value is -0.820. The fourth-order valence-electron chi connectivity index (χ4n) is 3.58. The smallest absolute Gasteiger partial charge is 0.0818 e. The third kappa shape index (κ3) is 4.10. The molecule has 0 radical (unpaired) electrons. The van der Waals surface area contributed by atoms with Crippen molar-refractivity contribution in [2.45, 2.75) is 71.8 Å². The molecule has 21 heavy (non-hydrogen) atoms. The van der Waals surface area contributed by atoms with E-state index in [9.17, 15) is 5.11 Å². The van der Waals surface area contributed by atoms with Gasteiger partial charge in [0.05, 0.1) is 6.10 Å². The third-order valence-corrected chi connectivity index (χ3v) is 5.32. The van der Waals surface area contributed by atoms with Gasteiger partial charge < -0.3 is 5.11 Å². The van der Waals surface area contributed by atoms with Gasteiger partial charge in [0.25, 0.3) is 0 Å². The average Bonchev–Trinajstić information content (AvgIpc) is 2.46. The van der Waals surface area contributed by atoms with Crippen LogP contribution in [0.15, 0.2) is 24.3 Å². The van der Waals surface area contributed by atoms with Crippen LogP contribution in [0.5, 0.6) is 0 Å². The van der Waals surface area contributed by atoms with Crippen LogP contribution in [0.4, 0.5) is 0 Å². The van der Waals surface area contributed by atoms with Gasteiger partial charge in [0.1, 0.15) is 0 Å². The van der Waals surface area contributed by atoms with Gasteiger partial charge in [-0.3, -0.25) is 0 Å². The summed E-state index contributed by atoms with van der Waals surface area (Å²) < 4.78 is 0. The van der Waals surface area contributed by atoms with E-state index in [4.69, 9.17) is 0 Å². The largest absolute Gasteiger partial charge is 0.388 e. The van der Waals surface area contributed by atoms with Gasteiger partial charge in [-0.25, -0.2) is 0 Å². The molecule has 1 aliphatic rings. The minimum atomic E-state index is -0.285. The number of rotatable bonds is 3. The Morgan fingerprint density at radius 2 is 1.38 bits per heavy atom. The summed E-state index contributed by atoms with van der Waals surface area (Å²) in [6.07, 6.45) is 4.61. The van der Waals surface area contributed by atoms with Gasteiger partial charge in [-0.05, 0) is 60.0 Å². The summed E-state index contributed by atoms with van der Waals surface area (Å²) >= 11 is 0. The van der Waals surface area contributed by atoms with Crippen molar-refractivity contribution in [1.82, 2.24) is 0 Å². The molecule has 1 nitrogen and oxygen atoms in total. The van der Waals surface area contributed by atoms with Crippen molar-refractivity contribution in [2.24, 2.45) is 17.8 Å². The zero-order chi connectivity index (χ0) is 15.6. The Bertz CT molecular complexity index is 430. The Kier molecular flexibility index (Phi) is 5.14. The summed E-state index contributed by atoms with van der Waals surface area (Å²) in [6.45, 7) is 11.3. The van der Waals surface area contributed by atoms with E-state index in [0.717, 1.165) is 17.4 Å². The highest BCUT2D eigenvalue weighted by atomic mass is 16.3. The van der Waals surface area contributed by atoms with Gasteiger partial charge in [0.2, 0.25) is 0 Å². The summed E-state index contributed by atoms with van der Waals surface area (Å²) in [7, 11) is 0. The van der Waals surface area contributed by atoms with E-state index >= 15 is 0 Å². The molecule has 0 bridgehead atoms. The van der Waals surface area contributed by atoms with E-state index in [2.05, 4.69) is 58.9 Å². The zero-order valence-electron chi connectivity index (χ0n) is 14.4. The zero-order valence-corrected chi connectivity index (χ0v) is 14.4. The molecule has 0 amide bonds. The molecule has 0 saturated heterocycles. The highest BCUT2D eigenvalue weighted by Gasteiger charge is 2.28. The fourth-order valence-corrected chi connectivity index (χ4v) is 3.58. The molecule has 0 spiro atoms. The molecule has 1 heteroatoms. The topological polar surface area (TPSA) is 20.2 Å². The van der Waals surface area contributed by atoms with E-state index in [1.54, 1.807) is 0 Å². The molecule has 1 aliphatic carbocycles. The average molecular weight is 288 g/mol. The normalized spacial score (nSPS) is 25.1. The first-order chi connectivity index (χ1) is 9.79. The van der Waals surface area contributed by atoms with Crippen molar-refractivity contribution >= 4 is 0 Å². The molecule has 1 aromatic carbocycles. The van der Waals surface area contributed by atoms with Gasteiger partial charge in [-0.2, -0.15) is 0 Å². The summed E-state index contributed by atoms with van der Waals surface area (Å²) in [5.74, 6) is 2.09. The van der Waals surface area contributed by atoms with Crippen LogP contribution in [0, 0.1) is 17.8 Å². The van der Waals surface area contributed by atoms with Gasteiger partial charge >= 0.3 is 0 Å². The van der Waals surface area contributed by atoms with Crippen LogP contribution in [-0.4, -0.2) is 5.11 Å². The van der Waals surface area contributed by atoms with E-state index < -0.39 is 0 Å². The highest BCUT2D eigenvalue weighted by molar-refractivity contribution is 5.29. The van der Waals surface area contributed by atoms with Crippen molar-refractivity contribution in [1.29, 1.82) is 0 Å². The number of aliphatic hydroxyl groups is 1. The molecule has 1 aromatic rings. The van der Waals surface area contributed by atoms with Crippen LogP contribution in [0.2, 0.25) is 0 Å². The molecule has 2 rings (SSSR count). The maximum atomic E-state index is 10.7. The molecular weight excluding hydrogens is 256 g/mol. The van der Waals surface area contributed by atoms with Crippen LogP contribution < -0.4 is 0 Å². The standard InChI is InChI=1S/C20H32O/c1-14(2)15-6-8-16(9-7-15)19(21)17-10-12-18(13-11-17)20(3,4)5/h10-16,19,21H,6-9H2,1-5H3. The molecular formula is C20H32O. The summed E-state index contributed by atoms with van der Waals surface area (Å²) in [6, 6.07) is 8.61. The monoisotopic (exact) mass is 288 g/mol. The van der Waals surface area contributed by atoms with Crippen LogP contribution >= 0.6 is 0 Å². The SMILES string of the molecule is CC(C)C1CCC(C(O)c2ccc(C(C)(C)C)cc2)CC1. The third-order valence-electron chi connectivity index (χ3n) is 5.32. The lowest BCUT2D eigenvalue weighted by Gasteiger charge is -2.33. The lowest BCUT2D eigenvalue weighted by molar-refractivity contribution is 0.0668. The summed E-state index contributed by atoms with van der Waals surface area (Å²) in [4.78, 5) is 0. The Balaban J connectivity index is 1.99. The quantitative estimate of drug-likeness (QED) is 0.781. The maximum absolute atomic E-state index is 10.7. The predicted molar refractivity (Wildman–Crippen MR) is 90.4 cm³/mol. The Morgan fingerprint density at radius 3 is 1.81 bits per heavy atom. The second-order valence-corrected chi connectivity index (χ2v) is 8.24. The number of aliphatic hydroxyl groups excluding tert-OH is 1. The predicted octanol–water partition coefficient (Wildman–Crippen LogP) is 5.48. The van der Waals surface area contributed by atoms with Gasteiger partial charge in [0, 0.05) is 0 Å². The highest BCUT2D eigenvalue weighted by Crippen LogP contribution is 2.39. The molecule has 0 aliphatic heterocycles. The Labute approximate surface area is 130 Å². The van der Waals surface area contributed by atoms with E-state index in [-0.39, 0.29) is 11.5 Å². The lowest BCUT2D eigenvalue weighted by Crippen LogP contribution is -2.23. The van der Waals surface area contributed by atoms with E-state index in [0.29, 0.717) is 5.92 Å². The molecule has 0 heterocycles. The lowest BCUT2D eigenvalue weighted by atomic mass is 9.74. The molecule has 1 fully saturated rings. The number of benzene rings is 1. The van der Waals surface area contributed by atoms with Crippen molar-refractivity contribution in [2.75, 3.05) is 0 Å². The van der Waals surface area contributed by atoms with Crippen molar-refractivity contribution in [3.05, 3.63) is 35.4 Å². The molecule has 118 valence electrons. The summed E-state index contributed by atoms with van der Waals surface area (Å²) in [5.41, 5.74) is 2.61. The fraction of sp³-hybridized carbons (Fsp3) is 0.700. The van der Waals surface area contributed by atoms with Crippen LogP contribution in [0.3, 0.4) is 0 Å². The first-order valence-corrected chi connectivity index (χ1v) is 8.57. The molecule has 1 atom stereocenters. The van der Waals surface area contributed by atoms with Crippen molar-refractivity contribution in [3.63, 3.8) is 0 Å². The van der Waals surface area contributed by atoms with Gasteiger partial charge in [0.15, 0.2) is 0 Å². The minimum Gasteiger partial charge on any atom is -0.388 e.